The van der Waals surface area contributed by atoms with Gasteiger partial charge in [-0.3, -0.25) is 0 Å². The van der Waals surface area contributed by atoms with Crippen molar-refractivity contribution in [3.05, 3.63) is 0 Å². The Morgan fingerprint density at radius 2 is 2.31 bits per heavy atom. The molecule has 0 N–H and O–H groups in total. The lowest BCUT2D eigenvalue weighted by molar-refractivity contribution is 0.174. The summed E-state index contributed by atoms with van der Waals surface area (Å²) in [5.41, 5.74) is 0. The van der Waals surface area contributed by atoms with Gasteiger partial charge in [0, 0.05) is 11.0 Å². The van der Waals surface area contributed by atoms with E-state index in [1.165, 1.54) is 31.7 Å². The molecule has 1 aliphatic heterocycles. The maximum Gasteiger partial charge on any atom is 0.202 e. The van der Waals surface area contributed by atoms with Crippen LogP contribution in [-0.4, -0.2) is 19.3 Å². The molecule has 13 heavy (non-hydrogen) atoms. The minimum atomic E-state index is -1.46. The van der Waals surface area contributed by atoms with Gasteiger partial charge in [-0.15, -0.1) is 0 Å². The summed E-state index contributed by atoms with van der Waals surface area (Å²) in [5.74, 6) is 0. The molecule has 0 spiro atoms. The second kappa shape index (κ2) is 4.85. The predicted octanol–water partition coefficient (Wildman–Crippen LogP) is 3.40. The molecule has 0 amide bonds. The molecule has 3 atom stereocenters. The van der Waals surface area contributed by atoms with Crippen molar-refractivity contribution in [3.8, 4) is 0 Å². The molecule has 0 aromatic heterocycles. The normalized spacial score (nSPS) is 37.4. The molecular formula is C10H22OSSi. The van der Waals surface area contributed by atoms with Crippen molar-refractivity contribution in [2.75, 3.05) is 0 Å². The minimum Gasteiger partial charge on any atom is -0.413 e. The maximum atomic E-state index is 6.15. The van der Waals surface area contributed by atoms with Crippen LogP contribution in [0.15, 0.2) is 0 Å². The van der Waals surface area contributed by atoms with E-state index in [0.717, 1.165) is 0 Å². The average Bonchev–Trinajstić information content (AvgIpc) is 2.04. The Kier molecular flexibility index (Phi) is 4.33. The highest BCUT2D eigenvalue weighted by Crippen LogP contribution is 2.32. The van der Waals surface area contributed by atoms with Gasteiger partial charge in [0.25, 0.3) is 0 Å². The van der Waals surface area contributed by atoms with Crippen molar-refractivity contribution >= 4 is 20.9 Å². The second-order valence-electron chi connectivity index (χ2n) is 4.44. The van der Waals surface area contributed by atoms with Crippen LogP contribution < -0.4 is 0 Å². The Morgan fingerprint density at radius 1 is 1.62 bits per heavy atom. The van der Waals surface area contributed by atoms with E-state index in [0.29, 0.717) is 11.0 Å². The van der Waals surface area contributed by atoms with E-state index in [1.807, 2.05) is 0 Å². The maximum absolute atomic E-state index is 6.15. The van der Waals surface area contributed by atoms with Gasteiger partial charge in [-0.25, -0.2) is 0 Å². The van der Waals surface area contributed by atoms with Crippen LogP contribution in [0.5, 0.6) is 0 Å². The largest absolute Gasteiger partial charge is 0.413 e. The Labute approximate surface area is 88.8 Å². The van der Waals surface area contributed by atoms with Gasteiger partial charge in [0.2, 0.25) is 8.32 Å². The first-order valence-corrected chi connectivity index (χ1v) is 8.65. The smallest absolute Gasteiger partial charge is 0.202 e. The standard InChI is InChI=1S/C10H22OSSi/c1-4-6-10(12)13(3)8-5-7-9(2)11-13/h9-10,12H,4-8H2,1-3H3. The van der Waals surface area contributed by atoms with Gasteiger partial charge in [0.05, 0.1) is 0 Å². The molecule has 0 aromatic carbocycles. The molecule has 1 rings (SSSR count). The number of thiol groups is 1. The fraction of sp³-hybridized carbons (Fsp3) is 1.00. The molecule has 1 saturated heterocycles. The first-order chi connectivity index (χ1) is 6.08. The molecule has 1 aliphatic rings. The van der Waals surface area contributed by atoms with Gasteiger partial charge < -0.3 is 4.43 Å². The SMILES string of the molecule is CCCC(S)[Si]1(C)CCCC(C)O1. The first-order valence-electron chi connectivity index (χ1n) is 5.44. The van der Waals surface area contributed by atoms with Gasteiger partial charge in [-0.1, -0.05) is 19.8 Å². The zero-order chi connectivity index (χ0) is 9.90. The van der Waals surface area contributed by atoms with Crippen LogP contribution in [0.4, 0.5) is 0 Å². The molecule has 1 fully saturated rings. The topological polar surface area (TPSA) is 9.23 Å². The fourth-order valence-electron chi connectivity index (χ4n) is 2.14. The summed E-state index contributed by atoms with van der Waals surface area (Å²) in [6.45, 7) is 6.79. The van der Waals surface area contributed by atoms with E-state index in [2.05, 4.69) is 20.4 Å². The van der Waals surface area contributed by atoms with Crippen molar-refractivity contribution in [3.63, 3.8) is 0 Å². The number of hydrogen-bond donors (Lipinski definition) is 1. The third-order valence-electron chi connectivity index (χ3n) is 3.02. The lowest BCUT2D eigenvalue weighted by Crippen LogP contribution is -2.49. The molecule has 1 nitrogen and oxygen atoms in total. The lowest BCUT2D eigenvalue weighted by atomic mass is 10.2. The molecule has 1 heterocycles. The van der Waals surface area contributed by atoms with Crippen LogP contribution in [0, 0.1) is 0 Å². The Hall–Kier alpha value is 0.527. The van der Waals surface area contributed by atoms with E-state index in [-0.39, 0.29) is 0 Å². The van der Waals surface area contributed by atoms with Crippen LogP contribution in [0.3, 0.4) is 0 Å². The van der Waals surface area contributed by atoms with E-state index in [4.69, 9.17) is 17.1 Å². The molecule has 3 unspecified atom stereocenters. The number of hydrogen-bond acceptors (Lipinski definition) is 2. The summed E-state index contributed by atoms with van der Waals surface area (Å²) in [4.78, 5) is 0.542. The van der Waals surface area contributed by atoms with Gasteiger partial charge in [-0.05, 0) is 32.4 Å². The molecular weight excluding hydrogens is 196 g/mol. The van der Waals surface area contributed by atoms with E-state index in [9.17, 15) is 0 Å². The third-order valence-corrected chi connectivity index (χ3v) is 8.90. The Balaban J connectivity index is 2.52. The first kappa shape index (κ1) is 11.6. The molecule has 0 bridgehead atoms. The monoisotopic (exact) mass is 218 g/mol. The van der Waals surface area contributed by atoms with Crippen LogP contribution in [0.1, 0.15) is 39.5 Å². The highest BCUT2D eigenvalue weighted by molar-refractivity contribution is 7.83. The summed E-state index contributed by atoms with van der Waals surface area (Å²) in [5, 5.41) is 0. The van der Waals surface area contributed by atoms with Crippen molar-refractivity contribution in [1.29, 1.82) is 0 Å². The zero-order valence-corrected chi connectivity index (χ0v) is 10.9. The van der Waals surface area contributed by atoms with Crippen molar-refractivity contribution in [2.45, 2.75) is 63.1 Å². The van der Waals surface area contributed by atoms with Gasteiger partial charge in [-0.2, -0.15) is 12.6 Å². The lowest BCUT2D eigenvalue weighted by Gasteiger charge is -2.39. The van der Waals surface area contributed by atoms with Crippen LogP contribution in [-0.2, 0) is 4.43 Å². The zero-order valence-electron chi connectivity index (χ0n) is 9.05. The summed E-state index contributed by atoms with van der Waals surface area (Å²) in [7, 11) is -1.46. The molecule has 0 saturated carbocycles. The average molecular weight is 218 g/mol. The minimum absolute atomic E-state index is 0.483. The van der Waals surface area contributed by atoms with E-state index >= 15 is 0 Å². The van der Waals surface area contributed by atoms with Crippen molar-refractivity contribution in [1.82, 2.24) is 0 Å². The predicted molar refractivity (Wildman–Crippen MR) is 63.9 cm³/mol. The Morgan fingerprint density at radius 3 is 2.85 bits per heavy atom. The summed E-state index contributed by atoms with van der Waals surface area (Å²) in [6.07, 6.45) is 5.53. The van der Waals surface area contributed by atoms with Crippen molar-refractivity contribution in [2.24, 2.45) is 0 Å². The van der Waals surface area contributed by atoms with E-state index < -0.39 is 8.32 Å². The molecule has 0 radical (unpaired) electrons. The quantitative estimate of drug-likeness (QED) is 0.564. The molecule has 0 aliphatic carbocycles. The van der Waals surface area contributed by atoms with Gasteiger partial charge in [0.15, 0.2) is 0 Å². The molecule has 3 heteroatoms. The molecule has 0 aromatic rings. The Bertz CT molecular complexity index is 165. The fourth-order valence-corrected chi connectivity index (χ4v) is 6.42. The van der Waals surface area contributed by atoms with Crippen molar-refractivity contribution < 1.29 is 4.43 Å². The summed E-state index contributed by atoms with van der Waals surface area (Å²) in [6, 6.07) is 1.31. The van der Waals surface area contributed by atoms with Crippen LogP contribution in [0.2, 0.25) is 12.6 Å². The summed E-state index contributed by atoms with van der Waals surface area (Å²) < 4.78 is 6.15. The van der Waals surface area contributed by atoms with Crippen LogP contribution >= 0.6 is 12.6 Å². The van der Waals surface area contributed by atoms with Gasteiger partial charge >= 0.3 is 0 Å². The van der Waals surface area contributed by atoms with Gasteiger partial charge in [0.1, 0.15) is 0 Å². The highest BCUT2D eigenvalue weighted by Gasteiger charge is 2.39. The number of rotatable bonds is 3. The third kappa shape index (κ3) is 3.00. The summed E-state index contributed by atoms with van der Waals surface area (Å²) >= 11 is 4.72. The van der Waals surface area contributed by atoms with E-state index in [1.54, 1.807) is 0 Å². The highest BCUT2D eigenvalue weighted by atomic mass is 32.1. The van der Waals surface area contributed by atoms with Crippen LogP contribution in [0.25, 0.3) is 0 Å². The second-order valence-corrected chi connectivity index (χ2v) is 9.61. The molecule has 78 valence electrons.